The van der Waals surface area contributed by atoms with E-state index in [1.54, 1.807) is 13.2 Å². The fraction of sp³-hybridized carbons (Fsp3) is 0.688. The minimum absolute atomic E-state index is 0.0159. The first-order valence-corrected chi connectivity index (χ1v) is 6.88. The molecule has 18 heavy (non-hydrogen) atoms. The van der Waals surface area contributed by atoms with Crippen molar-refractivity contribution in [2.45, 2.75) is 46.6 Å². The second kappa shape index (κ2) is 6.89. The molecule has 1 rings (SSSR count). The molecule has 0 aromatic heterocycles. The van der Waals surface area contributed by atoms with Crippen LogP contribution in [0.2, 0.25) is 0 Å². The SMILES string of the molecule is CO[C@@H]1[C@H](C)C=CC(=O)[C@H]1/C(C)=C/CCC(C)C. The van der Waals surface area contributed by atoms with Gasteiger partial charge in [0, 0.05) is 13.0 Å². The maximum atomic E-state index is 12.0. The quantitative estimate of drug-likeness (QED) is 0.694. The molecule has 0 bridgehead atoms. The number of methoxy groups -OCH3 is 1. The molecule has 2 nitrogen and oxygen atoms in total. The molecule has 1 aliphatic rings. The number of rotatable bonds is 5. The lowest BCUT2D eigenvalue weighted by molar-refractivity contribution is -0.122. The Morgan fingerprint density at radius 1 is 1.50 bits per heavy atom. The Morgan fingerprint density at radius 3 is 2.72 bits per heavy atom. The van der Waals surface area contributed by atoms with E-state index in [9.17, 15) is 4.79 Å². The first-order chi connectivity index (χ1) is 8.47. The summed E-state index contributed by atoms with van der Waals surface area (Å²) in [6.45, 7) is 8.60. The molecule has 0 unspecified atom stereocenters. The van der Waals surface area contributed by atoms with Gasteiger partial charge in [0.25, 0.3) is 0 Å². The highest BCUT2D eigenvalue weighted by molar-refractivity contribution is 5.95. The van der Waals surface area contributed by atoms with Crippen molar-refractivity contribution in [2.24, 2.45) is 17.8 Å². The maximum Gasteiger partial charge on any atom is 0.165 e. The van der Waals surface area contributed by atoms with E-state index in [1.165, 1.54) is 6.42 Å². The van der Waals surface area contributed by atoms with Crippen LogP contribution in [0, 0.1) is 17.8 Å². The molecule has 0 amide bonds. The first-order valence-electron chi connectivity index (χ1n) is 6.88. The van der Waals surface area contributed by atoms with Crippen molar-refractivity contribution in [2.75, 3.05) is 7.11 Å². The molecule has 1 aliphatic carbocycles. The minimum atomic E-state index is -0.0952. The van der Waals surface area contributed by atoms with Crippen molar-refractivity contribution < 1.29 is 9.53 Å². The topological polar surface area (TPSA) is 26.3 Å². The summed E-state index contributed by atoms with van der Waals surface area (Å²) in [5.74, 6) is 1.08. The Bertz CT molecular complexity index is 339. The largest absolute Gasteiger partial charge is 0.380 e. The molecule has 0 radical (unpaired) electrons. The molecule has 0 aromatic carbocycles. The van der Waals surface area contributed by atoms with Gasteiger partial charge in [0.2, 0.25) is 0 Å². The summed E-state index contributed by atoms with van der Waals surface area (Å²) in [5.41, 5.74) is 1.16. The summed E-state index contributed by atoms with van der Waals surface area (Å²) in [6, 6.07) is 0. The molecule has 0 aliphatic heterocycles. The van der Waals surface area contributed by atoms with Crippen molar-refractivity contribution >= 4 is 5.78 Å². The van der Waals surface area contributed by atoms with Crippen LogP contribution in [-0.4, -0.2) is 19.0 Å². The number of carbonyl (C=O) groups excluding carboxylic acids is 1. The highest BCUT2D eigenvalue weighted by Gasteiger charge is 2.34. The maximum absolute atomic E-state index is 12.0. The number of hydrogen-bond donors (Lipinski definition) is 0. The Labute approximate surface area is 111 Å². The molecule has 0 heterocycles. The summed E-state index contributed by atoms with van der Waals surface area (Å²) in [5, 5.41) is 0. The number of hydrogen-bond acceptors (Lipinski definition) is 2. The third-order valence-electron chi connectivity index (χ3n) is 3.69. The summed E-state index contributed by atoms with van der Waals surface area (Å²) in [6.07, 6.45) is 8.07. The fourth-order valence-corrected chi connectivity index (χ4v) is 2.53. The second-order valence-electron chi connectivity index (χ2n) is 5.72. The molecule has 0 aromatic rings. The summed E-state index contributed by atoms with van der Waals surface area (Å²) < 4.78 is 5.52. The highest BCUT2D eigenvalue weighted by Crippen LogP contribution is 2.29. The average molecular weight is 250 g/mol. The van der Waals surface area contributed by atoms with Crippen LogP contribution >= 0.6 is 0 Å². The predicted molar refractivity (Wildman–Crippen MR) is 75.4 cm³/mol. The molecule has 102 valence electrons. The first kappa shape index (κ1) is 15.2. The van der Waals surface area contributed by atoms with Crippen molar-refractivity contribution in [3.8, 4) is 0 Å². The van der Waals surface area contributed by atoms with Gasteiger partial charge in [0.05, 0.1) is 12.0 Å². The molecule has 2 heteroatoms. The Hall–Kier alpha value is -0.890. The Kier molecular flexibility index (Phi) is 5.80. The Balaban J connectivity index is 2.77. The molecular weight excluding hydrogens is 224 g/mol. The van der Waals surface area contributed by atoms with Crippen molar-refractivity contribution in [3.63, 3.8) is 0 Å². The number of allylic oxidation sites excluding steroid dienone is 2. The van der Waals surface area contributed by atoms with Crippen molar-refractivity contribution in [1.82, 2.24) is 0 Å². The van der Waals surface area contributed by atoms with E-state index in [4.69, 9.17) is 4.74 Å². The van der Waals surface area contributed by atoms with Crippen LogP contribution in [0.25, 0.3) is 0 Å². The van der Waals surface area contributed by atoms with Crippen molar-refractivity contribution in [1.29, 1.82) is 0 Å². The molecule has 0 N–H and O–H groups in total. The fourth-order valence-electron chi connectivity index (χ4n) is 2.53. The lowest BCUT2D eigenvalue weighted by Crippen LogP contribution is -2.37. The van der Waals surface area contributed by atoms with E-state index in [-0.39, 0.29) is 17.8 Å². The molecule has 0 saturated carbocycles. The van der Waals surface area contributed by atoms with Gasteiger partial charge in [-0.3, -0.25) is 4.79 Å². The monoisotopic (exact) mass is 250 g/mol. The zero-order valence-electron chi connectivity index (χ0n) is 12.3. The van der Waals surface area contributed by atoms with Gasteiger partial charge < -0.3 is 4.74 Å². The number of ether oxygens (including phenoxy) is 1. The molecule has 0 spiro atoms. The van der Waals surface area contributed by atoms with Gasteiger partial charge in [-0.05, 0) is 31.8 Å². The van der Waals surface area contributed by atoms with Gasteiger partial charge >= 0.3 is 0 Å². The third-order valence-corrected chi connectivity index (χ3v) is 3.69. The third kappa shape index (κ3) is 3.81. The lowest BCUT2D eigenvalue weighted by Gasteiger charge is -2.31. The van der Waals surface area contributed by atoms with Crippen LogP contribution < -0.4 is 0 Å². The van der Waals surface area contributed by atoms with Crippen LogP contribution in [0.15, 0.2) is 23.8 Å². The van der Waals surface area contributed by atoms with Gasteiger partial charge in [-0.2, -0.15) is 0 Å². The zero-order chi connectivity index (χ0) is 13.7. The number of carbonyl (C=O) groups is 1. The summed E-state index contributed by atoms with van der Waals surface area (Å²) >= 11 is 0. The lowest BCUT2D eigenvalue weighted by atomic mass is 9.79. The van der Waals surface area contributed by atoms with E-state index in [1.807, 2.05) is 6.08 Å². The van der Waals surface area contributed by atoms with Crippen LogP contribution in [-0.2, 0) is 9.53 Å². The van der Waals surface area contributed by atoms with E-state index in [0.29, 0.717) is 11.8 Å². The van der Waals surface area contributed by atoms with Crippen LogP contribution in [0.5, 0.6) is 0 Å². The summed E-state index contributed by atoms with van der Waals surface area (Å²) in [4.78, 5) is 12.0. The van der Waals surface area contributed by atoms with Crippen LogP contribution in [0.3, 0.4) is 0 Å². The zero-order valence-corrected chi connectivity index (χ0v) is 12.3. The van der Waals surface area contributed by atoms with Gasteiger partial charge in [-0.1, -0.05) is 38.5 Å². The minimum Gasteiger partial charge on any atom is -0.380 e. The number of ketones is 1. The molecule has 0 fully saturated rings. The second-order valence-corrected chi connectivity index (χ2v) is 5.72. The van der Waals surface area contributed by atoms with E-state index >= 15 is 0 Å². The predicted octanol–water partition coefficient (Wildman–Crippen LogP) is 3.78. The normalized spacial score (nSPS) is 29.1. The molecule has 3 atom stereocenters. The molecule has 0 saturated heterocycles. The standard InChI is InChI=1S/C16H26O2/c1-11(2)7-6-8-12(3)15-14(17)10-9-13(4)16(15)18-5/h8-11,13,15-16H,6-7H2,1-5H3/b12-8+/t13-,15-,16-/m1/s1. The van der Waals surface area contributed by atoms with E-state index in [2.05, 4.69) is 33.8 Å². The van der Waals surface area contributed by atoms with Gasteiger partial charge in [0.15, 0.2) is 5.78 Å². The highest BCUT2D eigenvalue weighted by atomic mass is 16.5. The summed E-state index contributed by atoms with van der Waals surface area (Å²) in [7, 11) is 1.70. The Morgan fingerprint density at radius 2 is 2.17 bits per heavy atom. The average Bonchev–Trinajstić information content (AvgIpc) is 2.30. The van der Waals surface area contributed by atoms with E-state index < -0.39 is 0 Å². The van der Waals surface area contributed by atoms with Crippen molar-refractivity contribution in [3.05, 3.63) is 23.8 Å². The smallest absolute Gasteiger partial charge is 0.165 e. The van der Waals surface area contributed by atoms with Gasteiger partial charge in [-0.25, -0.2) is 0 Å². The van der Waals surface area contributed by atoms with E-state index in [0.717, 1.165) is 12.0 Å². The molecular formula is C16H26O2. The van der Waals surface area contributed by atoms with Crippen LogP contribution in [0.4, 0.5) is 0 Å². The van der Waals surface area contributed by atoms with Gasteiger partial charge in [0.1, 0.15) is 0 Å². The van der Waals surface area contributed by atoms with Gasteiger partial charge in [-0.15, -0.1) is 0 Å². The van der Waals surface area contributed by atoms with Crippen LogP contribution in [0.1, 0.15) is 40.5 Å².